The number of aromatic nitrogens is 2. The van der Waals surface area contributed by atoms with E-state index in [0.717, 1.165) is 10.5 Å². The van der Waals surface area contributed by atoms with Crippen LogP contribution in [0.25, 0.3) is 11.0 Å². The molecule has 0 fully saturated rings. The largest absolute Gasteiger partial charge is 0.324 e. The van der Waals surface area contributed by atoms with Gasteiger partial charge in [-0.2, -0.15) is 0 Å². The second kappa shape index (κ2) is 5.46. The van der Waals surface area contributed by atoms with Gasteiger partial charge in [0.25, 0.3) is 0 Å². The minimum Gasteiger partial charge on any atom is -0.324 e. The van der Waals surface area contributed by atoms with Crippen molar-refractivity contribution in [3.63, 3.8) is 0 Å². The van der Waals surface area contributed by atoms with E-state index in [1.807, 2.05) is 6.07 Å². The van der Waals surface area contributed by atoms with E-state index < -0.39 is 5.82 Å². The Morgan fingerprint density at radius 3 is 2.86 bits per heavy atom. The molecule has 106 valence electrons. The van der Waals surface area contributed by atoms with Crippen LogP contribution in [0.1, 0.15) is 10.4 Å². The Balaban J connectivity index is 2.01. The molecule has 4 nitrogen and oxygen atoms in total. The van der Waals surface area contributed by atoms with Crippen LogP contribution in [-0.4, -0.2) is 16.3 Å². The number of imidazole rings is 1. The summed E-state index contributed by atoms with van der Waals surface area (Å²) >= 11 is 9.42. The van der Waals surface area contributed by atoms with Gasteiger partial charge in [0, 0.05) is 10.0 Å². The lowest BCUT2D eigenvalue weighted by Gasteiger charge is -2.05. The molecule has 3 rings (SSSR count). The van der Waals surface area contributed by atoms with Gasteiger partial charge in [0.05, 0.1) is 16.2 Å². The van der Waals surface area contributed by atoms with Crippen LogP contribution in [0.3, 0.4) is 0 Å². The topological polar surface area (TPSA) is 57.8 Å². The second-order valence-corrected chi connectivity index (χ2v) is 5.67. The zero-order valence-electron chi connectivity index (χ0n) is 10.5. The summed E-state index contributed by atoms with van der Waals surface area (Å²) in [6.07, 6.45) is 0.585. The number of carbonyl (C=O) groups is 1. The van der Waals surface area contributed by atoms with Crippen molar-refractivity contribution in [2.75, 3.05) is 5.32 Å². The Hall–Kier alpha value is -1.92. The third kappa shape index (κ3) is 2.77. The molecule has 0 aliphatic carbocycles. The molecule has 2 N–H and O–H groups in total. The fraction of sp³-hybridized carbons (Fsp3) is 0. The number of hydrogen-bond donors (Lipinski definition) is 2. The molecule has 0 saturated heterocycles. The fourth-order valence-corrected chi connectivity index (χ4v) is 2.66. The number of benzene rings is 2. The summed E-state index contributed by atoms with van der Waals surface area (Å²) in [6.45, 7) is 0. The number of carbonyl (C=O) groups excluding carboxylic acids is 1. The number of anilines is 2. The van der Waals surface area contributed by atoms with E-state index in [-0.39, 0.29) is 11.1 Å². The van der Waals surface area contributed by atoms with Crippen molar-refractivity contribution in [2.45, 2.75) is 0 Å². The molecule has 0 saturated carbocycles. The van der Waals surface area contributed by atoms with Crippen LogP contribution in [0.5, 0.6) is 0 Å². The van der Waals surface area contributed by atoms with Gasteiger partial charge in [0.15, 0.2) is 5.82 Å². The van der Waals surface area contributed by atoms with Crippen LogP contribution >= 0.6 is 27.5 Å². The summed E-state index contributed by atoms with van der Waals surface area (Å²) in [5.74, 6) is -0.211. The predicted octanol–water partition coefficient (Wildman–Crippen LogP) is 4.67. The summed E-state index contributed by atoms with van der Waals surface area (Å²) < 4.78 is 14.7. The van der Waals surface area contributed by atoms with E-state index in [2.05, 4.69) is 31.2 Å². The molecular formula is C14H8BrClFN3O. The van der Waals surface area contributed by atoms with Crippen molar-refractivity contribution in [3.05, 3.63) is 51.2 Å². The first-order chi connectivity index (χ1) is 10.1. The molecule has 0 amide bonds. The normalized spacial score (nSPS) is 10.8. The quantitative estimate of drug-likeness (QED) is 0.660. The maximum Gasteiger partial charge on any atom is 0.205 e. The number of nitrogens with one attached hydrogen (secondary N) is 2. The fourth-order valence-electron chi connectivity index (χ4n) is 1.94. The lowest BCUT2D eigenvalue weighted by atomic mass is 10.2. The van der Waals surface area contributed by atoms with Crippen LogP contribution in [-0.2, 0) is 0 Å². The third-order valence-corrected chi connectivity index (χ3v) is 3.69. The Labute approximate surface area is 132 Å². The van der Waals surface area contributed by atoms with Gasteiger partial charge in [-0.1, -0.05) is 27.5 Å². The van der Waals surface area contributed by atoms with E-state index >= 15 is 0 Å². The average molecular weight is 369 g/mol. The van der Waals surface area contributed by atoms with Crippen LogP contribution in [0.2, 0.25) is 5.02 Å². The average Bonchev–Trinajstić information content (AvgIpc) is 2.85. The van der Waals surface area contributed by atoms with Gasteiger partial charge >= 0.3 is 0 Å². The molecular weight excluding hydrogens is 361 g/mol. The summed E-state index contributed by atoms with van der Waals surface area (Å²) in [4.78, 5) is 17.8. The van der Waals surface area contributed by atoms with Crippen molar-refractivity contribution >= 4 is 56.5 Å². The summed E-state index contributed by atoms with van der Waals surface area (Å²) in [7, 11) is 0. The second-order valence-electron chi connectivity index (χ2n) is 4.35. The number of fused-ring (bicyclic) bond motifs is 1. The van der Waals surface area contributed by atoms with Crippen molar-refractivity contribution in [2.24, 2.45) is 0 Å². The predicted molar refractivity (Wildman–Crippen MR) is 83.9 cm³/mol. The molecule has 21 heavy (non-hydrogen) atoms. The zero-order chi connectivity index (χ0) is 15.0. The highest BCUT2D eigenvalue weighted by molar-refractivity contribution is 9.10. The van der Waals surface area contributed by atoms with Crippen molar-refractivity contribution in [1.29, 1.82) is 0 Å². The van der Waals surface area contributed by atoms with Crippen molar-refractivity contribution in [3.8, 4) is 0 Å². The summed E-state index contributed by atoms with van der Waals surface area (Å²) in [5, 5.41) is 3.48. The van der Waals surface area contributed by atoms with E-state index in [1.165, 1.54) is 6.07 Å². The van der Waals surface area contributed by atoms with Gasteiger partial charge in [-0.3, -0.25) is 4.79 Å². The molecule has 7 heteroatoms. The van der Waals surface area contributed by atoms with E-state index in [4.69, 9.17) is 11.6 Å². The lowest BCUT2D eigenvalue weighted by molar-refractivity contribution is 0.112. The van der Waals surface area contributed by atoms with Crippen molar-refractivity contribution in [1.82, 2.24) is 9.97 Å². The molecule has 0 aliphatic rings. The molecule has 0 spiro atoms. The van der Waals surface area contributed by atoms with E-state index in [1.54, 1.807) is 12.1 Å². The van der Waals surface area contributed by atoms with Gasteiger partial charge in [-0.05, 0) is 30.3 Å². The molecule has 0 bridgehead atoms. The summed E-state index contributed by atoms with van der Waals surface area (Å²) in [6, 6.07) is 8.01. The minimum atomic E-state index is -0.555. The van der Waals surface area contributed by atoms with Gasteiger partial charge in [0.1, 0.15) is 11.8 Å². The smallest absolute Gasteiger partial charge is 0.205 e. The first-order valence-corrected chi connectivity index (χ1v) is 7.10. The maximum absolute atomic E-state index is 13.8. The van der Waals surface area contributed by atoms with Crippen molar-refractivity contribution < 1.29 is 9.18 Å². The van der Waals surface area contributed by atoms with E-state index in [0.29, 0.717) is 28.5 Å². The first-order valence-electron chi connectivity index (χ1n) is 5.93. The minimum absolute atomic E-state index is 0.163. The number of hydrogen-bond acceptors (Lipinski definition) is 3. The van der Waals surface area contributed by atoms with Gasteiger partial charge in [-0.25, -0.2) is 9.37 Å². The molecule has 0 atom stereocenters. The van der Waals surface area contributed by atoms with Crippen LogP contribution in [0, 0.1) is 5.82 Å². The van der Waals surface area contributed by atoms with Crippen LogP contribution in [0.4, 0.5) is 16.0 Å². The van der Waals surface area contributed by atoms with Gasteiger partial charge in [-0.15, -0.1) is 0 Å². The number of aldehydes is 1. The maximum atomic E-state index is 13.8. The number of aromatic amines is 1. The highest BCUT2D eigenvalue weighted by Gasteiger charge is 2.10. The highest BCUT2D eigenvalue weighted by Crippen LogP contribution is 2.28. The Morgan fingerprint density at radius 2 is 2.14 bits per heavy atom. The number of halogens is 3. The van der Waals surface area contributed by atoms with Crippen LogP contribution < -0.4 is 5.32 Å². The zero-order valence-corrected chi connectivity index (χ0v) is 12.8. The Bertz CT molecular complexity index is 850. The van der Waals surface area contributed by atoms with Crippen LogP contribution in [0.15, 0.2) is 34.8 Å². The van der Waals surface area contributed by atoms with Gasteiger partial charge < -0.3 is 10.3 Å². The third-order valence-electron chi connectivity index (χ3n) is 2.88. The Kier molecular flexibility index (Phi) is 3.65. The Morgan fingerprint density at radius 1 is 1.33 bits per heavy atom. The SMILES string of the molecule is O=Cc1cc(F)c2nc(Nc3ccc(Br)cc3Cl)[nH]c2c1. The monoisotopic (exact) mass is 367 g/mol. The molecule has 0 unspecified atom stereocenters. The van der Waals surface area contributed by atoms with E-state index in [9.17, 15) is 9.18 Å². The standard InChI is InChI=1S/C14H8BrClFN3O/c15-8-1-2-11(9(16)5-8)18-14-19-12-4-7(6-21)3-10(17)13(12)20-14/h1-6H,(H2,18,19,20). The number of H-pyrrole nitrogens is 1. The lowest BCUT2D eigenvalue weighted by Crippen LogP contribution is -1.92. The first kappa shape index (κ1) is 14.0. The molecule has 2 aromatic carbocycles. The molecule has 3 aromatic rings. The highest BCUT2D eigenvalue weighted by atomic mass is 79.9. The molecule has 0 aliphatic heterocycles. The molecule has 1 heterocycles. The summed E-state index contributed by atoms with van der Waals surface area (Å²) in [5.41, 5.74) is 1.48. The number of nitrogens with zero attached hydrogens (tertiary/aromatic N) is 1. The number of rotatable bonds is 3. The molecule has 1 aromatic heterocycles. The van der Waals surface area contributed by atoms with Gasteiger partial charge in [0.2, 0.25) is 5.95 Å². The molecule has 0 radical (unpaired) electrons.